The lowest BCUT2D eigenvalue weighted by atomic mass is 10.0. The number of aromatic nitrogens is 1. The van der Waals surface area contributed by atoms with E-state index in [9.17, 15) is 13.6 Å². The van der Waals surface area contributed by atoms with E-state index < -0.39 is 10.6 Å². The first kappa shape index (κ1) is 12.8. The fraction of sp³-hybridized carbons (Fsp3) is 0.0769. The molecule has 0 aliphatic heterocycles. The van der Waals surface area contributed by atoms with Gasteiger partial charge in [-0.15, -0.1) is 0 Å². The number of carbonyl (C=O) groups is 1. The van der Waals surface area contributed by atoms with Crippen molar-refractivity contribution in [1.82, 2.24) is 4.98 Å². The molecule has 92 valence electrons. The van der Waals surface area contributed by atoms with Gasteiger partial charge in [-0.05, 0) is 39.2 Å². The molecule has 0 saturated heterocycles. The van der Waals surface area contributed by atoms with Crippen molar-refractivity contribution < 1.29 is 13.6 Å². The standard InChI is InChI=1S/C13H8BrF2NO/c14-13(15,16)12(18)11-3-1-9(2-4-11)10-5-7-17-8-6-10/h1-8H. The van der Waals surface area contributed by atoms with Gasteiger partial charge in [-0.1, -0.05) is 24.3 Å². The van der Waals surface area contributed by atoms with E-state index in [0.717, 1.165) is 11.1 Å². The second-order valence-electron chi connectivity index (χ2n) is 3.64. The van der Waals surface area contributed by atoms with Gasteiger partial charge in [-0.25, -0.2) is 0 Å². The summed E-state index contributed by atoms with van der Waals surface area (Å²) in [6.45, 7) is 0. The highest BCUT2D eigenvalue weighted by Gasteiger charge is 2.35. The number of Topliss-reactive ketones (excluding diaryl/α,β-unsaturated/α-hetero) is 1. The van der Waals surface area contributed by atoms with Gasteiger partial charge in [0.15, 0.2) is 0 Å². The summed E-state index contributed by atoms with van der Waals surface area (Å²) in [5.74, 6) is -1.25. The molecule has 1 aromatic carbocycles. The summed E-state index contributed by atoms with van der Waals surface area (Å²) in [4.78, 5) is 11.7. The largest absolute Gasteiger partial charge is 0.363 e. The molecule has 0 atom stereocenters. The van der Waals surface area contributed by atoms with E-state index in [1.54, 1.807) is 36.7 Å². The fourth-order valence-corrected chi connectivity index (χ4v) is 1.75. The summed E-state index contributed by atoms with van der Waals surface area (Å²) in [6, 6.07) is 9.62. The molecule has 0 fully saturated rings. The number of carbonyl (C=O) groups excluding carboxylic acids is 1. The van der Waals surface area contributed by atoms with Crippen molar-refractivity contribution in [3.05, 3.63) is 54.4 Å². The van der Waals surface area contributed by atoms with Crippen LogP contribution in [-0.2, 0) is 0 Å². The highest BCUT2D eigenvalue weighted by molar-refractivity contribution is 9.10. The first-order valence-electron chi connectivity index (χ1n) is 5.10. The first-order chi connectivity index (χ1) is 8.48. The summed E-state index contributed by atoms with van der Waals surface area (Å²) in [5, 5.41) is 0. The zero-order chi connectivity index (χ0) is 13.2. The van der Waals surface area contributed by atoms with E-state index in [-0.39, 0.29) is 5.56 Å². The molecular formula is C13H8BrF2NO. The number of hydrogen-bond acceptors (Lipinski definition) is 2. The highest BCUT2D eigenvalue weighted by atomic mass is 79.9. The maximum absolute atomic E-state index is 12.8. The number of halogens is 3. The van der Waals surface area contributed by atoms with E-state index >= 15 is 0 Å². The van der Waals surface area contributed by atoms with Crippen LogP contribution in [0.15, 0.2) is 48.8 Å². The SMILES string of the molecule is O=C(c1ccc(-c2ccncc2)cc1)C(F)(F)Br. The van der Waals surface area contributed by atoms with Crippen LogP contribution in [0.4, 0.5) is 8.78 Å². The van der Waals surface area contributed by atoms with E-state index in [4.69, 9.17) is 0 Å². The third kappa shape index (κ3) is 2.79. The molecule has 0 amide bonds. The second kappa shape index (κ2) is 4.94. The van der Waals surface area contributed by atoms with Crippen molar-refractivity contribution in [2.24, 2.45) is 0 Å². The Morgan fingerprint density at radius 1 is 1.00 bits per heavy atom. The van der Waals surface area contributed by atoms with Crippen LogP contribution < -0.4 is 0 Å². The number of pyridine rings is 1. The Hall–Kier alpha value is -1.62. The van der Waals surface area contributed by atoms with Gasteiger partial charge in [0.05, 0.1) is 0 Å². The molecule has 5 heteroatoms. The maximum atomic E-state index is 12.8. The van der Waals surface area contributed by atoms with Gasteiger partial charge >= 0.3 is 4.83 Å². The number of nitrogens with zero attached hydrogens (tertiary/aromatic N) is 1. The minimum absolute atomic E-state index is 0.0327. The quantitative estimate of drug-likeness (QED) is 0.635. The Kier molecular flexibility index (Phi) is 3.52. The number of hydrogen-bond donors (Lipinski definition) is 0. The monoisotopic (exact) mass is 311 g/mol. The molecule has 0 radical (unpaired) electrons. The Bertz CT molecular complexity index is 549. The van der Waals surface area contributed by atoms with Gasteiger partial charge in [0.2, 0.25) is 5.78 Å². The van der Waals surface area contributed by atoms with E-state index in [0.29, 0.717) is 0 Å². The molecule has 0 spiro atoms. The average Bonchev–Trinajstić information content (AvgIpc) is 2.38. The van der Waals surface area contributed by atoms with E-state index in [1.165, 1.54) is 12.1 Å². The van der Waals surface area contributed by atoms with Crippen LogP contribution in [0.25, 0.3) is 11.1 Å². The van der Waals surface area contributed by atoms with Crippen LogP contribution >= 0.6 is 15.9 Å². The number of rotatable bonds is 3. The smallest absolute Gasteiger partial charge is 0.286 e. The molecule has 0 aliphatic carbocycles. The number of ketones is 1. The first-order valence-corrected chi connectivity index (χ1v) is 5.90. The van der Waals surface area contributed by atoms with Crippen LogP contribution in [0.3, 0.4) is 0 Å². The van der Waals surface area contributed by atoms with Gasteiger partial charge in [0, 0.05) is 18.0 Å². The van der Waals surface area contributed by atoms with Crippen LogP contribution in [0.1, 0.15) is 10.4 Å². The molecule has 0 unspecified atom stereocenters. The summed E-state index contributed by atoms with van der Waals surface area (Å²) < 4.78 is 25.6. The lowest BCUT2D eigenvalue weighted by molar-refractivity contribution is 0.0592. The average molecular weight is 312 g/mol. The lowest BCUT2D eigenvalue weighted by Gasteiger charge is -2.07. The number of alkyl halides is 3. The van der Waals surface area contributed by atoms with Gasteiger partial charge in [-0.3, -0.25) is 9.78 Å². The molecule has 2 nitrogen and oxygen atoms in total. The highest BCUT2D eigenvalue weighted by Crippen LogP contribution is 2.27. The van der Waals surface area contributed by atoms with Crippen molar-refractivity contribution in [2.75, 3.05) is 0 Å². The van der Waals surface area contributed by atoms with Gasteiger partial charge in [0.1, 0.15) is 0 Å². The van der Waals surface area contributed by atoms with Crippen LogP contribution in [-0.4, -0.2) is 15.6 Å². The van der Waals surface area contributed by atoms with Crippen LogP contribution in [0.5, 0.6) is 0 Å². The van der Waals surface area contributed by atoms with Crippen molar-refractivity contribution in [1.29, 1.82) is 0 Å². The molecule has 2 aromatic rings. The molecule has 2 rings (SSSR count). The molecule has 0 saturated carbocycles. The van der Waals surface area contributed by atoms with Gasteiger partial charge < -0.3 is 0 Å². The van der Waals surface area contributed by atoms with Gasteiger partial charge in [-0.2, -0.15) is 8.78 Å². The summed E-state index contributed by atoms with van der Waals surface area (Å²) in [7, 11) is 0. The Morgan fingerprint density at radius 3 is 2.00 bits per heavy atom. The molecule has 18 heavy (non-hydrogen) atoms. The molecule has 1 aromatic heterocycles. The van der Waals surface area contributed by atoms with Crippen molar-refractivity contribution in [3.8, 4) is 11.1 Å². The molecule has 1 heterocycles. The molecule has 0 bridgehead atoms. The normalized spacial score (nSPS) is 11.3. The van der Waals surface area contributed by atoms with Crippen LogP contribution in [0, 0.1) is 0 Å². The summed E-state index contributed by atoms with van der Waals surface area (Å²) in [6.07, 6.45) is 3.28. The van der Waals surface area contributed by atoms with E-state index in [2.05, 4.69) is 20.9 Å². The van der Waals surface area contributed by atoms with Crippen molar-refractivity contribution in [2.45, 2.75) is 4.83 Å². The van der Waals surface area contributed by atoms with Crippen molar-refractivity contribution >= 4 is 21.7 Å². The molecular weight excluding hydrogens is 304 g/mol. The predicted octanol–water partition coefficient (Wildman–Crippen LogP) is 3.92. The van der Waals surface area contributed by atoms with Crippen molar-refractivity contribution in [3.63, 3.8) is 0 Å². The topological polar surface area (TPSA) is 30.0 Å². The second-order valence-corrected chi connectivity index (χ2v) is 4.64. The molecule has 0 aliphatic rings. The van der Waals surface area contributed by atoms with Gasteiger partial charge in [0.25, 0.3) is 0 Å². The predicted molar refractivity (Wildman–Crippen MR) is 67.9 cm³/mol. The minimum atomic E-state index is -3.52. The third-order valence-corrected chi connectivity index (χ3v) is 2.78. The molecule has 0 N–H and O–H groups in total. The number of benzene rings is 1. The zero-order valence-electron chi connectivity index (χ0n) is 9.11. The minimum Gasteiger partial charge on any atom is -0.286 e. The maximum Gasteiger partial charge on any atom is 0.363 e. The Labute approximate surface area is 111 Å². The Morgan fingerprint density at radius 2 is 1.50 bits per heavy atom. The summed E-state index contributed by atoms with van der Waals surface area (Å²) >= 11 is 2.05. The summed E-state index contributed by atoms with van der Waals surface area (Å²) in [5.41, 5.74) is 1.72. The fourth-order valence-electron chi connectivity index (χ4n) is 1.52. The zero-order valence-corrected chi connectivity index (χ0v) is 10.7. The third-order valence-electron chi connectivity index (χ3n) is 2.42. The van der Waals surface area contributed by atoms with E-state index in [1.807, 2.05) is 0 Å². The lowest BCUT2D eigenvalue weighted by Crippen LogP contribution is -2.20. The Balaban J connectivity index is 2.29. The van der Waals surface area contributed by atoms with Crippen LogP contribution in [0.2, 0.25) is 0 Å².